The van der Waals surface area contributed by atoms with Gasteiger partial charge in [-0.1, -0.05) is 29.3 Å². The minimum Gasteiger partial charge on any atom is -0.322 e. The van der Waals surface area contributed by atoms with Crippen LogP contribution in [-0.4, -0.2) is 31.2 Å². The smallest absolute Gasteiger partial charge is 0.243 e. The van der Waals surface area contributed by atoms with Crippen LogP contribution in [0.2, 0.25) is 5.02 Å². The molecule has 138 valence electrons. The Morgan fingerprint density at radius 2 is 1.92 bits per heavy atom. The van der Waals surface area contributed by atoms with Crippen molar-refractivity contribution in [2.24, 2.45) is 0 Å². The highest BCUT2D eigenvalue weighted by Gasteiger charge is 2.39. The van der Waals surface area contributed by atoms with Crippen LogP contribution in [0.1, 0.15) is 18.4 Å². The van der Waals surface area contributed by atoms with Crippen LogP contribution < -0.4 is 5.32 Å². The molecule has 0 aliphatic carbocycles. The molecule has 1 atom stereocenters. The molecule has 0 spiro atoms. The quantitative estimate of drug-likeness (QED) is 0.858. The molecule has 3 rings (SSSR count). The molecular weight excluding hydrogens is 379 g/mol. The monoisotopic (exact) mass is 396 g/mol. The number of carbonyl (C=O) groups excluding carboxylic acids is 1. The summed E-state index contributed by atoms with van der Waals surface area (Å²) in [4.78, 5) is 12.7. The summed E-state index contributed by atoms with van der Waals surface area (Å²) in [6, 6.07) is 9.48. The van der Waals surface area contributed by atoms with Crippen LogP contribution in [-0.2, 0) is 14.8 Å². The molecule has 2 aromatic carbocycles. The summed E-state index contributed by atoms with van der Waals surface area (Å²) in [6.45, 7) is 2.11. The Hall–Kier alpha value is -1.96. The van der Waals surface area contributed by atoms with E-state index in [4.69, 9.17) is 11.6 Å². The van der Waals surface area contributed by atoms with Gasteiger partial charge < -0.3 is 5.32 Å². The van der Waals surface area contributed by atoms with Gasteiger partial charge in [0.15, 0.2) is 0 Å². The van der Waals surface area contributed by atoms with Gasteiger partial charge in [0.05, 0.1) is 10.6 Å². The van der Waals surface area contributed by atoms with Crippen LogP contribution in [0.5, 0.6) is 0 Å². The van der Waals surface area contributed by atoms with Crippen molar-refractivity contribution in [3.8, 4) is 0 Å². The third kappa shape index (κ3) is 3.75. The van der Waals surface area contributed by atoms with Gasteiger partial charge in [-0.3, -0.25) is 4.79 Å². The van der Waals surface area contributed by atoms with E-state index in [-0.39, 0.29) is 22.2 Å². The lowest BCUT2D eigenvalue weighted by Gasteiger charge is -2.23. The Kier molecular flexibility index (Phi) is 5.32. The van der Waals surface area contributed by atoms with Crippen molar-refractivity contribution in [2.75, 3.05) is 11.9 Å². The maximum Gasteiger partial charge on any atom is 0.243 e. The summed E-state index contributed by atoms with van der Waals surface area (Å²) in [6.07, 6.45) is 0.943. The summed E-state index contributed by atoms with van der Waals surface area (Å²) in [5.41, 5.74) is 0.914. The number of hydrogen-bond acceptors (Lipinski definition) is 3. The Morgan fingerprint density at radius 3 is 2.58 bits per heavy atom. The molecule has 5 nitrogen and oxygen atoms in total. The number of hydrogen-bond donors (Lipinski definition) is 1. The molecule has 1 aliphatic heterocycles. The normalized spacial score (nSPS) is 18.0. The van der Waals surface area contributed by atoms with Crippen molar-refractivity contribution in [2.45, 2.75) is 30.7 Å². The zero-order chi connectivity index (χ0) is 18.9. The molecule has 0 saturated carbocycles. The van der Waals surface area contributed by atoms with Crippen molar-refractivity contribution in [3.05, 3.63) is 58.9 Å². The van der Waals surface area contributed by atoms with Crippen LogP contribution >= 0.6 is 11.6 Å². The molecule has 1 amide bonds. The Balaban J connectivity index is 1.83. The van der Waals surface area contributed by atoms with E-state index in [2.05, 4.69) is 5.32 Å². The molecule has 1 fully saturated rings. The topological polar surface area (TPSA) is 66.5 Å². The molecule has 26 heavy (non-hydrogen) atoms. The molecule has 8 heteroatoms. The summed E-state index contributed by atoms with van der Waals surface area (Å²) in [5.74, 6) is -1.23. The Morgan fingerprint density at radius 1 is 1.23 bits per heavy atom. The fourth-order valence-corrected chi connectivity index (χ4v) is 4.76. The fourth-order valence-electron chi connectivity index (χ4n) is 2.94. The fraction of sp³-hybridized carbons (Fsp3) is 0.278. The molecule has 1 saturated heterocycles. The van der Waals surface area contributed by atoms with Gasteiger partial charge in [-0.15, -0.1) is 0 Å². The van der Waals surface area contributed by atoms with Gasteiger partial charge in [0.25, 0.3) is 0 Å². The first kappa shape index (κ1) is 18.8. The molecule has 1 aliphatic rings. The third-order valence-corrected chi connectivity index (χ3v) is 6.48. The van der Waals surface area contributed by atoms with Gasteiger partial charge >= 0.3 is 0 Å². The first-order valence-electron chi connectivity index (χ1n) is 8.13. The van der Waals surface area contributed by atoms with Crippen LogP contribution in [0.4, 0.5) is 10.1 Å². The number of nitrogens with one attached hydrogen (secondary N) is 1. The van der Waals surface area contributed by atoms with Crippen LogP contribution in [0.3, 0.4) is 0 Å². The van der Waals surface area contributed by atoms with Gasteiger partial charge in [0, 0.05) is 11.6 Å². The molecule has 0 radical (unpaired) electrons. The first-order chi connectivity index (χ1) is 12.3. The molecule has 1 N–H and O–H groups in total. The van der Waals surface area contributed by atoms with Gasteiger partial charge in [0.1, 0.15) is 11.9 Å². The number of carbonyl (C=O) groups is 1. The molecule has 0 unspecified atom stereocenters. The van der Waals surface area contributed by atoms with Gasteiger partial charge in [-0.25, -0.2) is 12.8 Å². The maximum atomic E-state index is 13.9. The van der Waals surface area contributed by atoms with Gasteiger partial charge in [-0.2, -0.15) is 4.31 Å². The molecule has 0 aromatic heterocycles. The third-order valence-electron chi connectivity index (χ3n) is 4.32. The minimum atomic E-state index is -3.80. The van der Waals surface area contributed by atoms with Crippen molar-refractivity contribution in [3.63, 3.8) is 0 Å². The highest BCUT2D eigenvalue weighted by molar-refractivity contribution is 7.89. The largest absolute Gasteiger partial charge is 0.322 e. The number of halogens is 2. The second kappa shape index (κ2) is 7.34. The minimum absolute atomic E-state index is 0.0287. The van der Waals surface area contributed by atoms with Crippen molar-refractivity contribution in [1.82, 2.24) is 4.31 Å². The second-order valence-corrected chi connectivity index (χ2v) is 8.53. The van der Waals surface area contributed by atoms with E-state index in [9.17, 15) is 17.6 Å². The number of nitrogens with zero attached hydrogens (tertiary/aromatic N) is 1. The maximum absolute atomic E-state index is 13.9. The van der Waals surface area contributed by atoms with E-state index in [1.807, 2.05) is 6.92 Å². The first-order valence-corrected chi connectivity index (χ1v) is 9.95. The number of sulfonamides is 1. The number of benzene rings is 2. The lowest BCUT2D eigenvalue weighted by molar-refractivity contribution is -0.119. The van der Waals surface area contributed by atoms with Crippen molar-refractivity contribution < 1.29 is 17.6 Å². The van der Waals surface area contributed by atoms with Crippen LogP contribution in [0.25, 0.3) is 0 Å². The van der Waals surface area contributed by atoms with Crippen molar-refractivity contribution >= 4 is 33.2 Å². The molecular formula is C18H18ClFN2O3S. The molecule has 1 heterocycles. The Bertz CT molecular complexity index is 932. The lowest BCUT2D eigenvalue weighted by Crippen LogP contribution is -2.43. The predicted molar refractivity (Wildman–Crippen MR) is 98.1 cm³/mol. The van der Waals surface area contributed by atoms with E-state index in [1.54, 1.807) is 12.1 Å². The van der Waals surface area contributed by atoms with Crippen molar-refractivity contribution in [1.29, 1.82) is 0 Å². The zero-order valence-corrected chi connectivity index (χ0v) is 15.6. The Labute approximate surface area is 156 Å². The van der Waals surface area contributed by atoms with E-state index in [1.165, 1.54) is 28.6 Å². The number of aryl methyl sites for hydroxylation is 1. The lowest BCUT2D eigenvalue weighted by atomic mass is 10.2. The van der Waals surface area contributed by atoms with E-state index in [0.29, 0.717) is 12.8 Å². The summed E-state index contributed by atoms with van der Waals surface area (Å²) >= 11 is 5.70. The highest BCUT2D eigenvalue weighted by Crippen LogP contribution is 2.28. The molecule has 0 bridgehead atoms. The van der Waals surface area contributed by atoms with Gasteiger partial charge in [0.2, 0.25) is 15.9 Å². The SMILES string of the molecule is Cc1ccc(S(=O)(=O)N2CCC[C@H]2C(=O)Nc2ccc(Cl)cc2F)cc1. The highest BCUT2D eigenvalue weighted by atomic mass is 35.5. The van der Waals surface area contributed by atoms with Crippen LogP contribution in [0.15, 0.2) is 47.4 Å². The summed E-state index contributed by atoms with van der Waals surface area (Å²) in [7, 11) is -3.80. The average molecular weight is 397 g/mol. The number of rotatable bonds is 4. The predicted octanol–water partition coefficient (Wildman–Crippen LogP) is 3.58. The van der Waals surface area contributed by atoms with E-state index >= 15 is 0 Å². The van der Waals surface area contributed by atoms with E-state index in [0.717, 1.165) is 11.6 Å². The summed E-state index contributed by atoms with van der Waals surface area (Å²) in [5, 5.41) is 2.68. The van der Waals surface area contributed by atoms with Gasteiger partial charge in [-0.05, 0) is 50.1 Å². The number of anilines is 1. The van der Waals surface area contributed by atoms with Crippen LogP contribution in [0, 0.1) is 12.7 Å². The molecule has 2 aromatic rings. The number of amides is 1. The summed E-state index contributed by atoms with van der Waals surface area (Å²) < 4.78 is 40.8. The second-order valence-electron chi connectivity index (χ2n) is 6.20. The average Bonchev–Trinajstić information content (AvgIpc) is 3.08. The zero-order valence-electron chi connectivity index (χ0n) is 14.1. The standard InChI is InChI=1S/C18H18ClFN2O3S/c1-12-4-7-14(8-5-12)26(24,25)22-10-2-3-17(22)18(23)21-16-9-6-13(19)11-15(16)20/h4-9,11,17H,2-3,10H2,1H3,(H,21,23)/t17-/m0/s1. The van der Waals surface area contributed by atoms with E-state index < -0.39 is 27.8 Å².